The molecule has 32 heavy (non-hydrogen) atoms. The summed E-state index contributed by atoms with van der Waals surface area (Å²) in [6.07, 6.45) is 1.04. The first-order valence-corrected chi connectivity index (χ1v) is 13.0. The van der Waals surface area contributed by atoms with E-state index >= 15 is 0 Å². The molecule has 1 aliphatic rings. The van der Waals surface area contributed by atoms with Crippen molar-refractivity contribution in [3.8, 4) is 0 Å². The van der Waals surface area contributed by atoms with Crippen molar-refractivity contribution >= 4 is 45.0 Å². The van der Waals surface area contributed by atoms with Crippen LogP contribution in [0.3, 0.4) is 0 Å². The Kier molecular flexibility index (Phi) is 7.97. The number of carbonyl (C=O) groups excluding carboxylic acids is 2. The molecular formula is C23H29N3O4S2. The molecule has 0 bridgehead atoms. The molecule has 2 aromatic carbocycles. The van der Waals surface area contributed by atoms with Crippen molar-refractivity contribution in [2.24, 2.45) is 11.8 Å². The normalized spacial score (nSPS) is 19.3. The number of carbonyl (C=O) groups is 2. The van der Waals surface area contributed by atoms with Crippen molar-refractivity contribution in [3.63, 3.8) is 0 Å². The second-order valence-corrected chi connectivity index (χ2v) is 11.3. The molecule has 2 amide bonds. The quantitative estimate of drug-likeness (QED) is 0.589. The van der Waals surface area contributed by atoms with Gasteiger partial charge in [0.1, 0.15) is 0 Å². The van der Waals surface area contributed by atoms with Gasteiger partial charge < -0.3 is 10.6 Å². The van der Waals surface area contributed by atoms with Crippen LogP contribution in [0, 0.1) is 11.8 Å². The Bertz CT molecular complexity index is 1040. The first-order valence-electron chi connectivity index (χ1n) is 10.5. The van der Waals surface area contributed by atoms with Gasteiger partial charge in [-0.3, -0.25) is 9.59 Å². The van der Waals surface area contributed by atoms with Gasteiger partial charge in [0.15, 0.2) is 0 Å². The van der Waals surface area contributed by atoms with Crippen LogP contribution in [0.2, 0.25) is 0 Å². The van der Waals surface area contributed by atoms with Crippen molar-refractivity contribution in [2.75, 3.05) is 29.5 Å². The molecule has 172 valence electrons. The number of thioether (sulfide) groups is 1. The predicted octanol–water partition coefficient (Wildman–Crippen LogP) is 4.04. The number of rotatable bonds is 7. The number of nitrogens with zero attached hydrogens (tertiary/aromatic N) is 1. The summed E-state index contributed by atoms with van der Waals surface area (Å²) in [7, 11) is -3.54. The predicted molar refractivity (Wildman–Crippen MR) is 128 cm³/mol. The van der Waals surface area contributed by atoms with Gasteiger partial charge in [-0.1, -0.05) is 13.8 Å². The fourth-order valence-electron chi connectivity index (χ4n) is 3.85. The highest BCUT2D eigenvalue weighted by Crippen LogP contribution is 2.27. The summed E-state index contributed by atoms with van der Waals surface area (Å²) in [5, 5.41) is 5.49. The highest BCUT2D eigenvalue weighted by Gasteiger charge is 2.31. The van der Waals surface area contributed by atoms with Gasteiger partial charge in [-0.05, 0) is 66.8 Å². The highest BCUT2D eigenvalue weighted by molar-refractivity contribution is 8.00. The van der Waals surface area contributed by atoms with Crippen molar-refractivity contribution in [2.45, 2.75) is 37.0 Å². The zero-order chi connectivity index (χ0) is 23.3. The number of sulfonamides is 1. The highest BCUT2D eigenvalue weighted by atomic mass is 32.2. The maximum Gasteiger partial charge on any atom is 0.243 e. The minimum Gasteiger partial charge on any atom is -0.326 e. The first kappa shape index (κ1) is 24.3. The van der Waals surface area contributed by atoms with E-state index in [1.165, 1.54) is 18.7 Å². The van der Waals surface area contributed by atoms with Crippen LogP contribution in [-0.2, 0) is 19.6 Å². The monoisotopic (exact) mass is 475 g/mol. The summed E-state index contributed by atoms with van der Waals surface area (Å²) >= 11 is 1.37. The molecule has 2 aromatic rings. The lowest BCUT2D eigenvalue weighted by Gasteiger charge is -2.34. The molecule has 0 radical (unpaired) electrons. The SMILES string of the molecule is CC(=O)Nc1ccc(SCC(=O)Nc2ccc(S(=O)(=O)N3CC(C)CC(C)C3)cc2)cc1. The molecule has 1 saturated heterocycles. The maximum atomic E-state index is 13.0. The molecule has 9 heteroatoms. The number of amides is 2. The molecule has 1 aliphatic heterocycles. The molecule has 1 fully saturated rings. The van der Waals surface area contributed by atoms with Crippen LogP contribution in [-0.4, -0.2) is 43.4 Å². The average molecular weight is 476 g/mol. The fourth-order valence-corrected chi connectivity index (χ4v) is 6.22. The van der Waals surface area contributed by atoms with E-state index in [-0.39, 0.29) is 22.5 Å². The molecule has 2 atom stereocenters. The number of benzene rings is 2. The van der Waals surface area contributed by atoms with Gasteiger partial charge in [0.05, 0.1) is 10.6 Å². The lowest BCUT2D eigenvalue weighted by molar-refractivity contribution is -0.114. The summed E-state index contributed by atoms with van der Waals surface area (Å²) in [4.78, 5) is 24.5. The zero-order valence-corrected chi connectivity index (χ0v) is 20.1. The maximum absolute atomic E-state index is 13.0. The minimum atomic E-state index is -3.54. The molecule has 7 nitrogen and oxygen atoms in total. The smallest absolute Gasteiger partial charge is 0.243 e. The lowest BCUT2D eigenvalue weighted by Crippen LogP contribution is -2.42. The second-order valence-electron chi connectivity index (χ2n) is 8.33. The van der Waals surface area contributed by atoms with Gasteiger partial charge in [0.25, 0.3) is 0 Å². The van der Waals surface area contributed by atoms with Gasteiger partial charge in [0, 0.05) is 36.3 Å². The minimum absolute atomic E-state index is 0.136. The number of hydrogen-bond acceptors (Lipinski definition) is 5. The van der Waals surface area contributed by atoms with Crippen molar-refractivity contribution < 1.29 is 18.0 Å². The Morgan fingerprint density at radius 3 is 2.03 bits per heavy atom. The number of piperidine rings is 1. The van der Waals surface area contributed by atoms with Crippen LogP contribution in [0.5, 0.6) is 0 Å². The molecule has 3 rings (SSSR count). The molecule has 0 aromatic heterocycles. The third-order valence-corrected chi connectivity index (χ3v) is 8.01. The van der Waals surface area contributed by atoms with Gasteiger partial charge in [-0.15, -0.1) is 11.8 Å². The van der Waals surface area contributed by atoms with Crippen LogP contribution in [0.1, 0.15) is 27.2 Å². The van der Waals surface area contributed by atoms with Crippen LogP contribution in [0.15, 0.2) is 58.3 Å². The van der Waals surface area contributed by atoms with Gasteiger partial charge in [-0.25, -0.2) is 8.42 Å². The fraction of sp³-hybridized carbons (Fsp3) is 0.391. The van der Waals surface area contributed by atoms with Crippen LogP contribution >= 0.6 is 11.8 Å². The van der Waals surface area contributed by atoms with E-state index in [4.69, 9.17) is 0 Å². The molecule has 0 spiro atoms. The van der Waals surface area contributed by atoms with Crippen LogP contribution in [0.25, 0.3) is 0 Å². The number of hydrogen-bond donors (Lipinski definition) is 2. The average Bonchev–Trinajstić information content (AvgIpc) is 2.72. The lowest BCUT2D eigenvalue weighted by atomic mass is 9.94. The van der Waals surface area contributed by atoms with Crippen molar-refractivity contribution in [3.05, 3.63) is 48.5 Å². The third-order valence-electron chi connectivity index (χ3n) is 5.16. The van der Waals surface area contributed by atoms with E-state index in [9.17, 15) is 18.0 Å². The summed E-state index contributed by atoms with van der Waals surface area (Å²) in [6, 6.07) is 13.6. The Hall–Kier alpha value is -2.36. The van der Waals surface area contributed by atoms with Gasteiger partial charge >= 0.3 is 0 Å². The van der Waals surface area contributed by atoms with Crippen molar-refractivity contribution in [1.82, 2.24) is 4.31 Å². The first-order chi connectivity index (χ1) is 15.1. The van der Waals surface area contributed by atoms with E-state index in [0.29, 0.717) is 36.3 Å². The van der Waals surface area contributed by atoms with Crippen molar-refractivity contribution in [1.29, 1.82) is 0 Å². The Morgan fingerprint density at radius 1 is 0.938 bits per heavy atom. The van der Waals surface area contributed by atoms with E-state index in [0.717, 1.165) is 11.3 Å². The van der Waals surface area contributed by atoms with E-state index in [1.54, 1.807) is 40.7 Å². The topological polar surface area (TPSA) is 95.6 Å². The molecule has 2 unspecified atom stereocenters. The standard InChI is InChI=1S/C23H29N3O4S2/c1-16-12-17(2)14-26(13-16)32(29,30)22-10-6-20(7-11-22)25-23(28)15-31-21-8-4-19(5-9-21)24-18(3)27/h4-11,16-17H,12-15H2,1-3H3,(H,24,27)(H,25,28). The summed E-state index contributed by atoms with van der Waals surface area (Å²) in [6.45, 7) is 6.67. The molecule has 2 N–H and O–H groups in total. The Balaban J connectivity index is 1.54. The van der Waals surface area contributed by atoms with E-state index < -0.39 is 10.0 Å². The number of anilines is 2. The summed E-state index contributed by atoms with van der Waals surface area (Å²) in [5.74, 6) is 0.569. The Morgan fingerprint density at radius 2 is 1.47 bits per heavy atom. The number of nitrogens with one attached hydrogen (secondary N) is 2. The zero-order valence-electron chi connectivity index (χ0n) is 18.5. The van der Waals surface area contributed by atoms with E-state index in [1.807, 2.05) is 12.1 Å². The Labute approximate surface area is 194 Å². The largest absolute Gasteiger partial charge is 0.326 e. The molecular weight excluding hydrogens is 446 g/mol. The third kappa shape index (κ3) is 6.57. The van der Waals surface area contributed by atoms with Crippen LogP contribution < -0.4 is 10.6 Å². The van der Waals surface area contributed by atoms with Crippen LogP contribution in [0.4, 0.5) is 11.4 Å². The second kappa shape index (κ2) is 10.5. The summed E-state index contributed by atoms with van der Waals surface area (Å²) < 4.78 is 27.5. The molecule has 0 saturated carbocycles. The summed E-state index contributed by atoms with van der Waals surface area (Å²) in [5.41, 5.74) is 1.26. The molecule has 1 heterocycles. The van der Waals surface area contributed by atoms with Gasteiger partial charge in [0.2, 0.25) is 21.8 Å². The van der Waals surface area contributed by atoms with E-state index in [2.05, 4.69) is 24.5 Å². The molecule has 0 aliphatic carbocycles. The van der Waals surface area contributed by atoms with Gasteiger partial charge in [-0.2, -0.15) is 4.31 Å².